The zero-order chi connectivity index (χ0) is 13.3. The minimum Gasteiger partial charge on any atom is -0.0880 e. The van der Waals surface area contributed by atoms with Gasteiger partial charge in [-0.05, 0) is 31.7 Å². The van der Waals surface area contributed by atoms with E-state index in [1.807, 2.05) is 0 Å². The lowest BCUT2D eigenvalue weighted by Crippen LogP contribution is -2.17. The molecule has 0 N–H and O–H groups in total. The zero-order valence-corrected chi connectivity index (χ0v) is 14.1. The molecular formula is C17H34Si. The van der Waals surface area contributed by atoms with Gasteiger partial charge in [-0.25, -0.2) is 0 Å². The van der Waals surface area contributed by atoms with E-state index in [2.05, 4.69) is 25.7 Å². The fraction of sp³-hybridized carbons (Fsp3) is 0.882. The molecule has 1 saturated carbocycles. The molecule has 1 aliphatic carbocycles. The molecule has 0 aromatic carbocycles. The van der Waals surface area contributed by atoms with Gasteiger partial charge in [-0.1, -0.05) is 76.2 Å². The highest BCUT2D eigenvalue weighted by molar-refractivity contribution is 6.76. The van der Waals surface area contributed by atoms with E-state index in [9.17, 15) is 0 Å². The third kappa shape index (κ3) is 8.96. The second-order valence-electron chi connectivity index (χ2n) is 7.31. The van der Waals surface area contributed by atoms with E-state index in [0.29, 0.717) is 0 Å². The van der Waals surface area contributed by atoms with Gasteiger partial charge >= 0.3 is 0 Å². The van der Waals surface area contributed by atoms with Gasteiger partial charge in [0.1, 0.15) is 0 Å². The highest BCUT2D eigenvalue weighted by Crippen LogP contribution is 2.22. The Morgan fingerprint density at radius 3 is 1.50 bits per heavy atom. The molecule has 106 valence electrons. The largest absolute Gasteiger partial charge is 0.0880 e. The maximum absolute atomic E-state index is 2.62. The molecule has 0 unspecified atom stereocenters. The first-order chi connectivity index (χ1) is 8.58. The summed E-state index contributed by atoms with van der Waals surface area (Å²) in [6.45, 7) is 7.46. The Bertz CT molecular complexity index is 220. The smallest absolute Gasteiger partial charge is 0.0480 e. The van der Waals surface area contributed by atoms with E-state index in [4.69, 9.17) is 0 Å². The van der Waals surface area contributed by atoms with Crippen LogP contribution in [0, 0.1) is 0 Å². The van der Waals surface area contributed by atoms with E-state index in [0.717, 1.165) is 0 Å². The molecule has 1 fully saturated rings. The third-order valence-electron chi connectivity index (χ3n) is 4.00. The molecule has 18 heavy (non-hydrogen) atoms. The lowest BCUT2D eigenvalue weighted by atomic mass is 9.97. The van der Waals surface area contributed by atoms with Crippen LogP contribution in [0.5, 0.6) is 0 Å². The second kappa shape index (κ2) is 8.96. The van der Waals surface area contributed by atoms with Crippen molar-refractivity contribution in [2.45, 2.75) is 96.3 Å². The quantitative estimate of drug-likeness (QED) is 0.392. The summed E-state index contributed by atoms with van der Waals surface area (Å²) >= 11 is 0. The summed E-state index contributed by atoms with van der Waals surface area (Å²) in [5.41, 5.74) is 1.79. The van der Waals surface area contributed by atoms with Crippen LogP contribution in [0.4, 0.5) is 0 Å². The molecule has 0 nitrogen and oxygen atoms in total. The van der Waals surface area contributed by atoms with E-state index < -0.39 is 8.07 Å². The lowest BCUT2D eigenvalue weighted by Gasteiger charge is -2.15. The molecule has 0 spiro atoms. The molecule has 0 aromatic heterocycles. The minimum absolute atomic E-state index is 0.887. The van der Waals surface area contributed by atoms with Crippen LogP contribution in [-0.2, 0) is 0 Å². The summed E-state index contributed by atoms with van der Waals surface area (Å²) in [6.07, 6.45) is 18.6. The first-order valence-corrected chi connectivity index (χ1v) is 12.0. The van der Waals surface area contributed by atoms with Gasteiger partial charge in [-0.15, -0.1) is 0 Å². The number of hydrogen-bond donors (Lipinski definition) is 0. The summed E-state index contributed by atoms with van der Waals surface area (Å²) in [5, 5.41) is 0. The van der Waals surface area contributed by atoms with Crippen molar-refractivity contribution < 1.29 is 0 Å². The van der Waals surface area contributed by atoms with Gasteiger partial charge < -0.3 is 0 Å². The minimum atomic E-state index is -0.887. The predicted molar refractivity (Wildman–Crippen MR) is 87.0 cm³/mol. The van der Waals surface area contributed by atoms with Crippen molar-refractivity contribution in [3.8, 4) is 0 Å². The SMILES string of the molecule is C[Si](C)(C)CC=C1CCCCCCCCCCC1. The van der Waals surface area contributed by atoms with Gasteiger partial charge in [-0.3, -0.25) is 0 Å². The number of rotatable bonds is 2. The van der Waals surface area contributed by atoms with E-state index in [1.165, 1.54) is 76.7 Å². The first-order valence-electron chi connectivity index (χ1n) is 8.26. The van der Waals surface area contributed by atoms with E-state index >= 15 is 0 Å². The molecule has 0 saturated heterocycles. The Morgan fingerprint density at radius 2 is 1.11 bits per heavy atom. The molecule has 0 heterocycles. The molecule has 1 aliphatic rings. The molecule has 0 radical (unpaired) electrons. The molecule has 0 amide bonds. The van der Waals surface area contributed by atoms with Crippen LogP contribution in [0.2, 0.25) is 25.7 Å². The van der Waals surface area contributed by atoms with Crippen LogP contribution in [0.1, 0.15) is 70.6 Å². The van der Waals surface area contributed by atoms with Crippen LogP contribution in [0.3, 0.4) is 0 Å². The number of hydrogen-bond acceptors (Lipinski definition) is 0. The molecule has 0 aromatic rings. The van der Waals surface area contributed by atoms with Gasteiger partial charge in [0.05, 0.1) is 0 Å². The van der Waals surface area contributed by atoms with Crippen molar-refractivity contribution in [1.82, 2.24) is 0 Å². The first kappa shape index (κ1) is 16.0. The van der Waals surface area contributed by atoms with Crippen molar-refractivity contribution >= 4 is 8.07 Å². The summed E-state index contributed by atoms with van der Waals surface area (Å²) in [6, 6.07) is 1.39. The van der Waals surface area contributed by atoms with Gasteiger partial charge in [0.2, 0.25) is 0 Å². The fourth-order valence-electron chi connectivity index (χ4n) is 2.72. The van der Waals surface area contributed by atoms with Crippen LogP contribution >= 0.6 is 0 Å². The van der Waals surface area contributed by atoms with Gasteiger partial charge in [0, 0.05) is 8.07 Å². The van der Waals surface area contributed by atoms with Crippen molar-refractivity contribution in [2.24, 2.45) is 0 Å². The molecule has 1 heteroatoms. The highest BCUT2D eigenvalue weighted by atomic mass is 28.3. The van der Waals surface area contributed by atoms with E-state index in [1.54, 1.807) is 5.57 Å². The summed E-state index contributed by atoms with van der Waals surface area (Å²) in [4.78, 5) is 0. The zero-order valence-electron chi connectivity index (χ0n) is 13.1. The van der Waals surface area contributed by atoms with Gasteiger partial charge in [0.15, 0.2) is 0 Å². The fourth-order valence-corrected chi connectivity index (χ4v) is 3.62. The van der Waals surface area contributed by atoms with Crippen LogP contribution < -0.4 is 0 Å². The summed E-state index contributed by atoms with van der Waals surface area (Å²) in [7, 11) is -0.887. The average molecular weight is 267 g/mol. The Labute approximate surface area is 116 Å². The lowest BCUT2D eigenvalue weighted by molar-refractivity contribution is 0.540. The van der Waals surface area contributed by atoms with Gasteiger partial charge in [-0.2, -0.15) is 0 Å². The molecule has 0 atom stereocenters. The average Bonchev–Trinajstić information content (AvgIpc) is 2.27. The van der Waals surface area contributed by atoms with Crippen molar-refractivity contribution in [3.63, 3.8) is 0 Å². The second-order valence-corrected chi connectivity index (χ2v) is 12.8. The Hall–Kier alpha value is -0.0431. The van der Waals surface area contributed by atoms with Gasteiger partial charge in [0.25, 0.3) is 0 Å². The van der Waals surface area contributed by atoms with Crippen LogP contribution in [-0.4, -0.2) is 8.07 Å². The summed E-state index contributed by atoms with van der Waals surface area (Å²) in [5.74, 6) is 0. The number of allylic oxidation sites excluding steroid dienone is 2. The standard InChI is InChI=1S/C17H34Si/c1-18(2,3)16-15-17-13-11-9-7-5-4-6-8-10-12-14-17/h15H,4-14,16H2,1-3H3. The highest BCUT2D eigenvalue weighted by Gasteiger charge is 2.11. The van der Waals surface area contributed by atoms with Crippen molar-refractivity contribution in [2.75, 3.05) is 0 Å². The maximum Gasteiger partial charge on any atom is 0.0480 e. The van der Waals surface area contributed by atoms with Crippen molar-refractivity contribution in [1.29, 1.82) is 0 Å². The normalized spacial score (nSPS) is 20.9. The molecule has 0 bridgehead atoms. The topological polar surface area (TPSA) is 0 Å². The third-order valence-corrected chi connectivity index (χ3v) is 5.43. The Kier molecular flexibility index (Phi) is 7.97. The monoisotopic (exact) mass is 266 g/mol. The molecular weight excluding hydrogens is 232 g/mol. The van der Waals surface area contributed by atoms with Crippen LogP contribution in [0.25, 0.3) is 0 Å². The summed E-state index contributed by atoms with van der Waals surface area (Å²) < 4.78 is 0. The Morgan fingerprint density at radius 1 is 0.722 bits per heavy atom. The van der Waals surface area contributed by atoms with E-state index in [-0.39, 0.29) is 0 Å². The molecule has 0 aliphatic heterocycles. The molecule has 1 rings (SSSR count). The van der Waals surface area contributed by atoms with Crippen molar-refractivity contribution in [3.05, 3.63) is 11.6 Å². The Balaban J connectivity index is 2.40. The predicted octanol–water partition coefficient (Wildman–Crippen LogP) is 6.56. The maximum atomic E-state index is 2.62. The van der Waals surface area contributed by atoms with Crippen LogP contribution in [0.15, 0.2) is 11.6 Å².